The van der Waals surface area contributed by atoms with Crippen LogP contribution in [0, 0.1) is 10.6 Å². The van der Waals surface area contributed by atoms with E-state index in [0.717, 1.165) is 66.6 Å². The van der Waals surface area contributed by atoms with Crippen LogP contribution in [-0.4, -0.2) is 4.75 Å². The quantitative estimate of drug-likeness (QED) is 0.216. The molecular formula is C34H49NO3S. The number of nitrogens with zero attached hydrogens (tertiary/aromatic N) is 1. The van der Waals surface area contributed by atoms with Crippen molar-refractivity contribution in [1.82, 2.24) is 0 Å². The van der Waals surface area contributed by atoms with Gasteiger partial charge in [0.05, 0.1) is 16.7 Å². The summed E-state index contributed by atoms with van der Waals surface area (Å²) in [6, 6.07) is 8.94. The summed E-state index contributed by atoms with van der Waals surface area (Å²) in [5.74, 6) is 0.0893. The molecule has 1 aromatic heterocycles. The summed E-state index contributed by atoms with van der Waals surface area (Å²) in [5, 5.41) is 14.4. The Morgan fingerprint density at radius 3 is 2.15 bits per heavy atom. The molecule has 1 aromatic carbocycles. The third kappa shape index (κ3) is 5.28. The summed E-state index contributed by atoms with van der Waals surface area (Å²) in [6.07, 6.45) is 5.61. The zero-order chi connectivity index (χ0) is 28.5. The van der Waals surface area contributed by atoms with Crippen LogP contribution in [0.3, 0.4) is 0 Å². The Bertz CT molecular complexity index is 1230. The fourth-order valence-corrected chi connectivity index (χ4v) is 7.63. The lowest BCUT2D eigenvalue weighted by atomic mass is 9.70. The topological polar surface area (TPSA) is 45.4 Å². The van der Waals surface area contributed by atoms with Gasteiger partial charge >= 0.3 is 0 Å². The summed E-state index contributed by atoms with van der Waals surface area (Å²) >= 11 is 1.55. The molecule has 0 amide bonds. The van der Waals surface area contributed by atoms with Gasteiger partial charge in [-0.15, -0.1) is 0 Å². The summed E-state index contributed by atoms with van der Waals surface area (Å²) in [6.45, 7) is 22.2. The Kier molecular flexibility index (Phi) is 7.25. The van der Waals surface area contributed by atoms with Gasteiger partial charge in [0.25, 0.3) is 0 Å². The van der Waals surface area contributed by atoms with Gasteiger partial charge < -0.3 is 14.1 Å². The van der Waals surface area contributed by atoms with E-state index in [-0.39, 0.29) is 39.3 Å². The summed E-state index contributed by atoms with van der Waals surface area (Å²) in [5.41, 5.74) is 7.53. The van der Waals surface area contributed by atoms with E-state index < -0.39 is 0 Å². The fraction of sp³-hybridized carbons (Fsp3) is 0.676. The highest BCUT2D eigenvalue weighted by molar-refractivity contribution is 7.96. The number of aromatic nitrogens is 1. The highest BCUT2D eigenvalue weighted by Gasteiger charge is 2.55. The number of ether oxygens (including phenoxy) is 1. The summed E-state index contributed by atoms with van der Waals surface area (Å²) in [4.78, 5) is 0. The van der Waals surface area contributed by atoms with Gasteiger partial charge in [0.15, 0.2) is 5.69 Å². The largest absolute Gasteiger partial charge is 0.618 e. The number of rotatable bonds is 4. The second-order valence-electron chi connectivity index (χ2n) is 15.4. The second-order valence-corrected chi connectivity index (χ2v) is 17.0. The van der Waals surface area contributed by atoms with Crippen LogP contribution >= 0.6 is 12.0 Å². The Balaban J connectivity index is 1.76. The smallest absolute Gasteiger partial charge is 0.202 e. The Hall–Kier alpha value is -1.56. The number of fused-ring (bicyclic) bond motifs is 4. The molecule has 0 radical (unpaired) electrons. The zero-order valence-corrected chi connectivity index (χ0v) is 26.7. The van der Waals surface area contributed by atoms with Gasteiger partial charge in [0.2, 0.25) is 5.69 Å². The summed E-state index contributed by atoms with van der Waals surface area (Å²) in [7, 11) is 0. The van der Waals surface area contributed by atoms with E-state index in [1.807, 2.05) is 0 Å². The molecule has 2 aromatic rings. The maximum atomic E-state index is 14.4. The molecule has 2 heterocycles. The van der Waals surface area contributed by atoms with Crippen molar-refractivity contribution >= 4 is 12.0 Å². The third-order valence-corrected chi connectivity index (χ3v) is 9.64. The van der Waals surface area contributed by atoms with Crippen LogP contribution in [0.2, 0.25) is 0 Å². The molecule has 1 aliphatic heterocycles. The molecule has 1 fully saturated rings. The van der Waals surface area contributed by atoms with E-state index in [1.54, 1.807) is 12.0 Å². The predicted molar refractivity (Wildman–Crippen MR) is 161 cm³/mol. The van der Waals surface area contributed by atoms with Crippen molar-refractivity contribution in [2.24, 2.45) is 5.41 Å². The van der Waals surface area contributed by atoms with Gasteiger partial charge in [-0.25, -0.2) is 0 Å². The van der Waals surface area contributed by atoms with Crippen molar-refractivity contribution < 1.29 is 13.7 Å². The van der Waals surface area contributed by atoms with Crippen LogP contribution in [0.4, 0.5) is 0 Å². The van der Waals surface area contributed by atoms with Gasteiger partial charge in [0.1, 0.15) is 12.2 Å². The minimum Gasteiger partial charge on any atom is -0.618 e. The van der Waals surface area contributed by atoms with Crippen LogP contribution < -0.4 is 4.73 Å². The van der Waals surface area contributed by atoms with E-state index in [4.69, 9.17) is 8.92 Å². The SMILES string of the molecule is CC(C)c1c2c(c3c([n+]1[O-])CC(C)(C)CC3OSC(C)(C)C)C1(CCCC1)O[C@@H]2c1ccc(C(C)(C)C)cc1. The first-order valence-electron chi connectivity index (χ1n) is 15.0. The highest BCUT2D eigenvalue weighted by atomic mass is 32.2. The van der Waals surface area contributed by atoms with Crippen LogP contribution in [0.15, 0.2) is 24.3 Å². The lowest BCUT2D eigenvalue weighted by Gasteiger charge is -2.39. The summed E-state index contributed by atoms with van der Waals surface area (Å²) < 4.78 is 15.2. The Morgan fingerprint density at radius 2 is 1.62 bits per heavy atom. The van der Waals surface area contributed by atoms with Crippen molar-refractivity contribution in [1.29, 1.82) is 0 Å². The van der Waals surface area contributed by atoms with Gasteiger partial charge in [-0.1, -0.05) is 85.6 Å². The van der Waals surface area contributed by atoms with Crippen LogP contribution in [0.5, 0.6) is 0 Å². The predicted octanol–water partition coefficient (Wildman–Crippen LogP) is 9.11. The number of hydrogen-bond acceptors (Lipinski definition) is 4. The minimum absolute atomic E-state index is 0.0186. The molecule has 0 N–H and O–H groups in total. The normalized spacial score (nSPS) is 23.9. The molecule has 5 heteroatoms. The van der Waals surface area contributed by atoms with E-state index in [9.17, 15) is 5.21 Å². The molecular weight excluding hydrogens is 502 g/mol. The molecule has 2 aliphatic carbocycles. The molecule has 1 saturated carbocycles. The fourth-order valence-electron chi connectivity index (χ4n) is 7.06. The highest BCUT2D eigenvalue weighted by Crippen LogP contribution is 2.60. The van der Waals surface area contributed by atoms with E-state index in [1.165, 1.54) is 15.9 Å². The molecule has 0 saturated heterocycles. The average molecular weight is 552 g/mol. The van der Waals surface area contributed by atoms with E-state index in [2.05, 4.69) is 93.5 Å². The minimum atomic E-state index is -0.347. The van der Waals surface area contributed by atoms with Crippen molar-refractivity contribution in [2.75, 3.05) is 0 Å². The second kappa shape index (κ2) is 9.77. The number of hydrogen-bond donors (Lipinski definition) is 0. The van der Waals surface area contributed by atoms with E-state index in [0.29, 0.717) is 0 Å². The maximum Gasteiger partial charge on any atom is 0.202 e. The van der Waals surface area contributed by atoms with Crippen molar-refractivity contribution in [3.63, 3.8) is 0 Å². The molecule has 0 bridgehead atoms. The standard InChI is InChI=1S/C34H49NO3S/c1-21(2)29-27-28(26-24(35(29)36)19-33(9,10)20-25(26)38-39-32(6,7)8)34(17-11-12-18-34)37-30(27)22-13-15-23(16-14-22)31(3,4)5/h13-16,21,25,30H,11-12,17-20H2,1-10H3/t25?,30-/m1/s1. The van der Waals surface area contributed by atoms with Gasteiger partial charge in [-0.05, 0) is 74.0 Å². The van der Waals surface area contributed by atoms with E-state index >= 15 is 0 Å². The first kappa shape index (κ1) is 29.0. The average Bonchev–Trinajstić information content (AvgIpc) is 3.41. The molecule has 39 heavy (non-hydrogen) atoms. The number of pyridine rings is 1. The molecule has 2 atom stereocenters. The van der Waals surface area contributed by atoms with Crippen molar-refractivity contribution in [3.05, 3.63) is 68.7 Å². The van der Waals surface area contributed by atoms with Crippen LogP contribution in [0.1, 0.15) is 159 Å². The molecule has 1 unspecified atom stereocenters. The van der Waals surface area contributed by atoms with Gasteiger partial charge in [0, 0.05) is 22.6 Å². The molecule has 1 spiro atoms. The lowest BCUT2D eigenvalue weighted by molar-refractivity contribution is -0.626. The molecule has 5 rings (SSSR count). The van der Waals surface area contributed by atoms with Gasteiger partial charge in [-0.3, -0.25) is 0 Å². The van der Waals surface area contributed by atoms with Gasteiger partial charge in [-0.2, -0.15) is 4.73 Å². The zero-order valence-electron chi connectivity index (χ0n) is 25.9. The van der Waals surface area contributed by atoms with Crippen LogP contribution in [0.25, 0.3) is 0 Å². The Morgan fingerprint density at radius 1 is 1.00 bits per heavy atom. The Labute approximate surface area is 241 Å². The first-order chi connectivity index (χ1) is 18.0. The first-order valence-corrected chi connectivity index (χ1v) is 15.7. The molecule has 4 nitrogen and oxygen atoms in total. The maximum absolute atomic E-state index is 14.4. The van der Waals surface area contributed by atoms with Crippen molar-refractivity contribution in [2.45, 2.75) is 142 Å². The third-order valence-electron chi connectivity index (χ3n) is 8.81. The van der Waals surface area contributed by atoms with Crippen LogP contribution in [-0.2, 0) is 26.4 Å². The molecule has 214 valence electrons. The monoisotopic (exact) mass is 551 g/mol. The molecule has 3 aliphatic rings. The lowest BCUT2D eigenvalue weighted by Crippen LogP contribution is -2.46. The number of benzene rings is 1. The van der Waals surface area contributed by atoms with Crippen molar-refractivity contribution in [3.8, 4) is 0 Å².